The Morgan fingerprint density at radius 2 is 2.36 bits per heavy atom. The summed E-state index contributed by atoms with van der Waals surface area (Å²) in [4.78, 5) is 10.6. The van der Waals surface area contributed by atoms with Crippen molar-refractivity contribution in [2.45, 2.75) is 0 Å². The molecule has 4 nitrogen and oxygen atoms in total. The first-order chi connectivity index (χ1) is 5.22. The molecular weight excluding hydrogens is 230 g/mol. The minimum Gasteiger partial charge on any atom is -0.298 e. The molecule has 0 bridgehead atoms. The highest BCUT2D eigenvalue weighted by Gasteiger charge is 2.00. The van der Waals surface area contributed by atoms with Crippen molar-refractivity contribution in [2.24, 2.45) is 5.84 Å². The molecule has 0 radical (unpaired) electrons. The van der Waals surface area contributed by atoms with Gasteiger partial charge in [-0.05, 0) is 28.1 Å². The van der Waals surface area contributed by atoms with Crippen molar-refractivity contribution >= 4 is 38.3 Å². The van der Waals surface area contributed by atoms with Gasteiger partial charge in [-0.25, -0.2) is 10.6 Å². The number of anilines is 1. The quantitative estimate of drug-likeness (QED) is 0.393. The molecule has 6 heteroatoms. The minimum atomic E-state index is -0.417. The number of amides is 2. The van der Waals surface area contributed by atoms with E-state index in [9.17, 15) is 4.79 Å². The first-order valence-corrected chi connectivity index (χ1v) is 4.36. The zero-order valence-electron chi connectivity index (χ0n) is 5.43. The number of urea groups is 1. The van der Waals surface area contributed by atoms with Crippen LogP contribution in [0.1, 0.15) is 0 Å². The van der Waals surface area contributed by atoms with Gasteiger partial charge in [-0.3, -0.25) is 10.7 Å². The second-order valence-corrected chi connectivity index (χ2v) is 4.17. The average molecular weight is 236 g/mol. The van der Waals surface area contributed by atoms with Crippen LogP contribution in [0.2, 0.25) is 0 Å². The molecule has 4 N–H and O–H groups in total. The summed E-state index contributed by atoms with van der Waals surface area (Å²) in [5.41, 5.74) is 1.96. The Kier molecular flexibility index (Phi) is 2.86. The third-order valence-electron chi connectivity index (χ3n) is 0.941. The highest BCUT2D eigenvalue weighted by Crippen LogP contribution is 2.26. The molecule has 0 saturated carbocycles. The lowest BCUT2D eigenvalue weighted by Gasteiger charge is -1.98. The van der Waals surface area contributed by atoms with Crippen molar-refractivity contribution < 1.29 is 4.79 Å². The molecule has 0 aromatic carbocycles. The first kappa shape index (κ1) is 8.51. The molecule has 11 heavy (non-hydrogen) atoms. The molecule has 0 aliphatic carbocycles. The summed E-state index contributed by atoms with van der Waals surface area (Å²) in [5, 5.41) is 3.28. The van der Waals surface area contributed by atoms with Gasteiger partial charge in [-0.2, -0.15) is 0 Å². The molecule has 1 heterocycles. The molecule has 0 fully saturated rings. The summed E-state index contributed by atoms with van der Waals surface area (Å²) in [7, 11) is 0. The van der Waals surface area contributed by atoms with Crippen molar-refractivity contribution in [3.05, 3.63) is 15.9 Å². The molecule has 1 rings (SSSR count). The number of halogens is 1. The number of nitrogens with one attached hydrogen (secondary N) is 2. The van der Waals surface area contributed by atoms with E-state index in [1.807, 2.05) is 11.5 Å². The zero-order valence-corrected chi connectivity index (χ0v) is 7.83. The number of rotatable bonds is 1. The van der Waals surface area contributed by atoms with Crippen LogP contribution in [0.15, 0.2) is 15.9 Å². The number of hydrogen-bond donors (Lipinski definition) is 3. The Bertz CT molecular complexity index is 262. The van der Waals surface area contributed by atoms with Gasteiger partial charge in [0.1, 0.15) is 0 Å². The summed E-state index contributed by atoms with van der Waals surface area (Å²) in [5.74, 6) is 4.86. The summed E-state index contributed by atoms with van der Waals surface area (Å²) in [6.07, 6.45) is 0. The average Bonchev–Trinajstić information content (AvgIpc) is 2.35. The summed E-state index contributed by atoms with van der Waals surface area (Å²) in [6, 6.07) is 3.21. The van der Waals surface area contributed by atoms with Crippen molar-refractivity contribution in [3.8, 4) is 0 Å². The van der Waals surface area contributed by atoms with Crippen LogP contribution in [0, 0.1) is 0 Å². The maximum Gasteiger partial charge on any atom is 0.333 e. The van der Waals surface area contributed by atoms with Crippen LogP contribution in [-0.2, 0) is 0 Å². The predicted octanol–water partition coefficient (Wildman–Crippen LogP) is 1.51. The van der Waals surface area contributed by atoms with Crippen molar-refractivity contribution in [2.75, 3.05) is 5.32 Å². The lowest BCUT2D eigenvalue weighted by molar-refractivity contribution is 0.252. The topological polar surface area (TPSA) is 67.1 Å². The highest BCUT2D eigenvalue weighted by atomic mass is 79.9. The van der Waals surface area contributed by atoms with E-state index in [0.717, 1.165) is 8.79 Å². The van der Waals surface area contributed by atoms with Crippen LogP contribution in [0.3, 0.4) is 0 Å². The number of nitrogens with two attached hydrogens (primary N) is 1. The standard InChI is InChI=1S/C5H6BrN3OS/c6-3-1-2-4(11-3)8-5(10)9-7/h1-2H,7H2,(H2,8,9,10). The minimum absolute atomic E-state index is 0.417. The van der Waals surface area contributed by atoms with Gasteiger partial charge in [0.15, 0.2) is 0 Å². The SMILES string of the molecule is NNC(=O)Nc1ccc(Br)s1. The van der Waals surface area contributed by atoms with E-state index < -0.39 is 6.03 Å². The van der Waals surface area contributed by atoms with Gasteiger partial charge < -0.3 is 0 Å². The summed E-state index contributed by atoms with van der Waals surface area (Å²) >= 11 is 4.68. The van der Waals surface area contributed by atoms with E-state index in [1.165, 1.54) is 11.3 Å². The van der Waals surface area contributed by atoms with E-state index in [2.05, 4.69) is 21.2 Å². The van der Waals surface area contributed by atoms with Gasteiger partial charge in [-0.1, -0.05) is 0 Å². The van der Waals surface area contributed by atoms with E-state index >= 15 is 0 Å². The predicted molar refractivity (Wildman–Crippen MR) is 48.4 cm³/mol. The number of carbonyl (C=O) groups excluding carboxylic acids is 1. The maximum absolute atomic E-state index is 10.6. The second-order valence-electron chi connectivity index (χ2n) is 1.70. The molecule has 0 atom stereocenters. The first-order valence-electron chi connectivity index (χ1n) is 2.75. The van der Waals surface area contributed by atoms with Crippen molar-refractivity contribution in [3.63, 3.8) is 0 Å². The highest BCUT2D eigenvalue weighted by molar-refractivity contribution is 9.11. The fourth-order valence-corrected chi connectivity index (χ4v) is 1.81. The smallest absolute Gasteiger partial charge is 0.298 e. The Labute approximate surface area is 75.9 Å². The van der Waals surface area contributed by atoms with Crippen LogP contribution in [0.5, 0.6) is 0 Å². The van der Waals surface area contributed by atoms with E-state index in [1.54, 1.807) is 6.07 Å². The van der Waals surface area contributed by atoms with Crippen LogP contribution >= 0.6 is 27.3 Å². The lowest BCUT2D eigenvalue weighted by Crippen LogP contribution is -2.34. The third kappa shape index (κ3) is 2.49. The van der Waals surface area contributed by atoms with Gasteiger partial charge in [0.2, 0.25) is 0 Å². The van der Waals surface area contributed by atoms with Crippen molar-refractivity contribution in [1.29, 1.82) is 0 Å². The van der Waals surface area contributed by atoms with Gasteiger partial charge in [0.05, 0.1) is 8.79 Å². The molecule has 1 aromatic rings. The van der Waals surface area contributed by atoms with E-state index in [4.69, 9.17) is 5.84 Å². The molecular formula is C5H6BrN3OS. The Balaban J connectivity index is 2.57. The molecule has 1 aromatic heterocycles. The van der Waals surface area contributed by atoms with Crippen LogP contribution in [-0.4, -0.2) is 6.03 Å². The van der Waals surface area contributed by atoms with Gasteiger partial charge in [0, 0.05) is 0 Å². The largest absolute Gasteiger partial charge is 0.333 e. The van der Waals surface area contributed by atoms with Gasteiger partial charge in [-0.15, -0.1) is 11.3 Å². The number of hydrogen-bond acceptors (Lipinski definition) is 3. The third-order valence-corrected chi connectivity index (χ3v) is 2.48. The molecule has 2 amide bonds. The van der Waals surface area contributed by atoms with Gasteiger partial charge in [0.25, 0.3) is 0 Å². The number of carbonyl (C=O) groups is 1. The number of hydrazine groups is 1. The monoisotopic (exact) mass is 235 g/mol. The summed E-state index contributed by atoms with van der Waals surface area (Å²) in [6.45, 7) is 0. The number of thiophene rings is 1. The zero-order chi connectivity index (χ0) is 8.27. The van der Waals surface area contributed by atoms with Crippen LogP contribution < -0.4 is 16.6 Å². The molecule has 0 spiro atoms. The van der Waals surface area contributed by atoms with Crippen molar-refractivity contribution in [1.82, 2.24) is 5.43 Å². The van der Waals surface area contributed by atoms with E-state index in [-0.39, 0.29) is 0 Å². The molecule has 0 aliphatic rings. The Hall–Kier alpha value is -0.590. The lowest BCUT2D eigenvalue weighted by atomic mass is 10.6. The normalized spacial score (nSPS) is 9.27. The van der Waals surface area contributed by atoms with Gasteiger partial charge >= 0.3 is 6.03 Å². The molecule has 0 unspecified atom stereocenters. The van der Waals surface area contributed by atoms with E-state index in [0.29, 0.717) is 0 Å². The summed E-state index contributed by atoms with van der Waals surface area (Å²) < 4.78 is 0.963. The second kappa shape index (κ2) is 3.70. The molecule has 0 aliphatic heterocycles. The van der Waals surface area contributed by atoms with Crippen LogP contribution in [0.25, 0.3) is 0 Å². The molecule has 60 valence electrons. The fraction of sp³-hybridized carbons (Fsp3) is 0. The van der Waals surface area contributed by atoms with Crippen LogP contribution in [0.4, 0.5) is 9.80 Å². The maximum atomic E-state index is 10.6. The Morgan fingerprint density at radius 1 is 1.64 bits per heavy atom. The Morgan fingerprint density at radius 3 is 2.82 bits per heavy atom. The fourth-order valence-electron chi connectivity index (χ4n) is 0.529. The molecule has 0 saturated heterocycles.